The van der Waals surface area contributed by atoms with Crippen LogP contribution in [0.4, 0.5) is 0 Å². The van der Waals surface area contributed by atoms with Crippen LogP contribution in [0, 0.1) is 0 Å². The molecular formula is C20H25N3O4S. The van der Waals surface area contributed by atoms with Gasteiger partial charge in [-0.25, -0.2) is 18.6 Å². The smallest absolute Gasteiger partial charge is 0.269 e. The highest BCUT2D eigenvalue weighted by Crippen LogP contribution is 2.24. The number of piperidine rings is 1. The summed E-state index contributed by atoms with van der Waals surface area (Å²) in [5, 5.41) is 7.15. The van der Waals surface area contributed by atoms with Crippen molar-refractivity contribution in [2.75, 3.05) is 13.7 Å². The van der Waals surface area contributed by atoms with E-state index >= 15 is 0 Å². The van der Waals surface area contributed by atoms with E-state index in [4.69, 9.17) is 9.88 Å². The number of benzene rings is 2. The summed E-state index contributed by atoms with van der Waals surface area (Å²) in [7, 11) is -2.49. The number of hydrogen-bond donors (Lipinski definition) is 2. The molecule has 1 amide bonds. The van der Waals surface area contributed by atoms with Crippen LogP contribution in [0.2, 0.25) is 0 Å². The molecule has 1 saturated heterocycles. The predicted molar refractivity (Wildman–Crippen MR) is 106 cm³/mol. The van der Waals surface area contributed by atoms with Crippen molar-refractivity contribution in [3.05, 3.63) is 59.7 Å². The van der Waals surface area contributed by atoms with Crippen molar-refractivity contribution >= 4 is 15.9 Å². The molecule has 28 heavy (non-hydrogen) atoms. The van der Waals surface area contributed by atoms with Crippen LogP contribution >= 0.6 is 0 Å². The van der Waals surface area contributed by atoms with E-state index in [1.165, 1.54) is 30.9 Å². The summed E-state index contributed by atoms with van der Waals surface area (Å²) < 4.78 is 28.5. The molecule has 1 aliphatic heterocycles. The van der Waals surface area contributed by atoms with Crippen molar-refractivity contribution in [3.8, 4) is 5.75 Å². The van der Waals surface area contributed by atoms with Gasteiger partial charge in [0.25, 0.3) is 5.91 Å². The molecule has 1 aliphatic rings. The summed E-state index contributed by atoms with van der Waals surface area (Å²) in [4.78, 5) is 12.8. The zero-order valence-corrected chi connectivity index (χ0v) is 16.6. The van der Waals surface area contributed by atoms with Gasteiger partial charge in [0.1, 0.15) is 5.75 Å². The molecule has 2 aromatic rings. The summed E-state index contributed by atoms with van der Waals surface area (Å²) in [6, 6.07) is 14.3. The fraction of sp³-hybridized carbons (Fsp3) is 0.350. The number of hydrazine groups is 1. The molecule has 0 bridgehead atoms. The Hall–Kier alpha value is -2.42. The molecule has 1 unspecified atom stereocenters. The van der Waals surface area contributed by atoms with Crippen molar-refractivity contribution in [2.45, 2.75) is 36.6 Å². The number of rotatable bonds is 6. The Kier molecular flexibility index (Phi) is 6.33. The van der Waals surface area contributed by atoms with Crippen LogP contribution in [0.15, 0.2) is 53.4 Å². The summed E-state index contributed by atoms with van der Waals surface area (Å²) in [6.45, 7) is 0.737. The molecule has 2 aromatic carbocycles. The number of nitrogens with zero attached hydrogens (tertiary/aromatic N) is 1. The third-order valence-electron chi connectivity index (χ3n) is 4.93. The number of ether oxygens (including phenoxy) is 1. The van der Waals surface area contributed by atoms with Gasteiger partial charge < -0.3 is 4.74 Å². The highest BCUT2D eigenvalue weighted by atomic mass is 32.2. The summed E-state index contributed by atoms with van der Waals surface area (Å²) >= 11 is 0. The minimum Gasteiger partial charge on any atom is -0.496 e. The molecule has 0 aromatic heterocycles. The third kappa shape index (κ3) is 4.89. The number of carbonyl (C=O) groups excluding carboxylic acids is 1. The molecule has 3 rings (SSSR count). The van der Waals surface area contributed by atoms with Gasteiger partial charge in [0.2, 0.25) is 10.0 Å². The number of carbonyl (C=O) groups is 1. The highest BCUT2D eigenvalue weighted by molar-refractivity contribution is 7.89. The number of amides is 1. The van der Waals surface area contributed by atoms with E-state index in [0.29, 0.717) is 5.75 Å². The second-order valence-electron chi connectivity index (χ2n) is 6.88. The first kappa shape index (κ1) is 20.3. The van der Waals surface area contributed by atoms with Gasteiger partial charge in [-0.2, -0.15) is 0 Å². The van der Waals surface area contributed by atoms with Crippen LogP contribution < -0.4 is 15.3 Å². The van der Waals surface area contributed by atoms with Gasteiger partial charge in [0.15, 0.2) is 0 Å². The van der Waals surface area contributed by atoms with E-state index in [2.05, 4.69) is 17.6 Å². The van der Waals surface area contributed by atoms with E-state index in [-0.39, 0.29) is 16.5 Å². The minimum atomic E-state index is -3.92. The summed E-state index contributed by atoms with van der Waals surface area (Å²) in [5.41, 5.74) is 4.29. The average molecular weight is 404 g/mol. The third-order valence-corrected chi connectivity index (χ3v) is 5.84. The Balaban J connectivity index is 1.80. The van der Waals surface area contributed by atoms with Crippen LogP contribution in [-0.2, 0) is 16.4 Å². The number of primary sulfonamides is 1. The van der Waals surface area contributed by atoms with Gasteiger partial charge in [0, 0.05) is 12.6 Å². The molecule has 1 heterocycles. The van der Waals surface area contributed by atoms with Crippen LogP contribution in [0.25, 0.3) is 0 Å². The Labute approximate surface area is 165 Å². The molecule has 1 fully saturated rings. The molecule has 3 N–H and O–H groups in total. The van der Waals surface area contributed by atoms with Gasteiger partial charge in [-0.1, -0.05) is 36.8 Å². The van der Waals surface area contributed by atoms with Crippen LogP contribution in [-0.4, -0.2) is 39.0 Å². The van der Waals surface area contributed by atoms with E-state index < -0.39 is 15.9 Å². The van der Waals surface area contributed by atoms with Crippen LogP contribution in [0.1, 0.15) is 35.2 Å². The second kappa shape index (κ2) is 8.72. The predicted octanol–water partition coefficient (Wildman–Crippen LogP) is 2.08. The fourth-order valence-electron chi connectivity index (χ4n) is 3.48. The fourth-order valence-corrected chi connectivity index (χ4v) is 4.02. The molecule has 0 aliphatic carbocycles. The van der Waals surface area contributed by atoms with Crippen LogP contribution in [0.3, 0.4) is 0 Å². The monoisotopic (exact) mass is 403 g/mol. The number of nitrogens with one attached hydrogen (secondary N) is 1. The highest BCUT2D eigenvalue weighted by Gasteiger charge is 2.26. The molecule has 0 radical (unpaired) electrons. The first-order valence-electron chi connectivity index (χ1n) is 9.21. The molecule has 0 saturated carbocycles. The SMILES string of the molecule is COc1ccc(S(N)(=O)=O)cc1C(=O)NN1CCCCC1Cc1ccccc1. The quantitative estimate of drug-likeness (QED) is 0.769. The maximum atomic E-state index is 12.9. The Morgan fingerprint density at radius 3 is 2.64 bits per heavy atom. The van der Waals surface area contributed by atoms with Gasteiger partial charge in [-0.3, -0.25) is 10.2 Å². The molecular weight excluding hydrogens is 378 g/mol. The second-order valence-corrected chi connectivity index (χ2v) is 8.44. The molecule has 7 nitrogen and oxygen atoms in total. The van der Waals surface area contributed by atoms with E-state index in [1.54, 1.807) is 0 Å². The number of hydrogen-bond acceptors (Lipinski definition) is 5. The number of methoxy groups -OCH3 is 1. The maximum Gasteiger partial charge on any atom is 0.269 e. The lowest BCUT2D eigenvalue weighted by atomic mass is 9.97. The Morgan fingerprint density at radius 2 is 1.96 bits per heavy atom. The Bertz CT molecular complexity index is 932. The molecule has 1 atom stereocenters. The van der Waals surface area contributed by atoms with E-state index in [9.17, 15) is 13.2 Å². The van der Waals surface area contributed by atoms with E-state index in [1.807, 2.05) is 23.2 Å². The zero-order valence-electron chi connectivity index (χ0n) is 15.8. The molecule has 0 spiro atoms. The lowest BCUT2D eigenvalue weighted by Crippen LogP contribution is -2.51. The van der Waals surface area contributed by atoms with Crippen molar-refractivity contribution in [2.24, 2.45) is 5.14 Å². The first-order chi connectivity index (χ1) is 13.4. The minimum absolute atomic E-state index is 0.127. The lowest BCUT2D eigenvalue weighted by molar-refractivity contribution is 0.0570. The van der Waals surface area contributed by atoms with Crippen LogP contribution in [0.5, 0.6) is 5.75 Å². The normalized spacial score (nSPS) is 17.9. The van der Waals surface area contributed by atoms with Gasteiger partial charge in [0.05, 0.1) is 17.6 Å². The zero-order chi connectivity index (χ0) is 20.1. The topological polar surface area (TPSA) is 102 Å². The van der Waals surface area contributed by atoms with Gasteiger partial charge >= 0.3 is 0 Å². The number of nitrogens with two attached hydrogens (primary N) is 1. The van der Waals surface area contributed by atoms with Crippen molar-refractivity contribution in [3.63, 3.8) is 0 Å². The summed E-state index contributed by atoms with van der Waals surface area (Å²) in [5.74, 6) is -0.121. The largest absolute Gasteiger partial charge is 0.496 e. The van der Waals surface area contributed by atoms with Gasteiger partial charge in [-0.05, 0) is 43.0 Å². The maximum absolute atomic E-state index is 12.9. The molecule has 150 valence electrons. The first-order valence-corrected chi connectivity index (χ1v) is 10.8. The number of sulfonamides is 1. The van der Waals surface area contributed by atoms with Gasteiger partial charge in [-0.15, -0.1) is 0 Å². The Morgan fingerprint density at radius 1 is 1.21 bits per heavy atom. The standard InChI is InChI=1S/C20H25N3O4S/c1-27-19-11-10-17(28(21,25)26)14-18(19)20(24)22-23-12-6-5-9-16(23)13-15-7-3-2-4-8-15/h2-4,7-8,10-11,14,16H,5-6,9,12-13H2,1H3,(H,22,24)(H2,21,25,26). The van der Waals surface area contributed by atoms with Crippen molar-refractivity contribution in [1.82, 2.24) is 10.4 Å². The lowest BCUT2D eigenvalue weighted by Gasteiger charge is -2.36. The van der Waals surface area contributed by atoms with Crippen molar-refractivity contribution < 1.29 is 17.9 Å². The summed E-state index contributed by atoms with van der Waals surface area (Å²) in [6.07, 6.45) is 3.90. The molecule has 8 heteroatoms. The van der Waals surface area contributed by atoms with Crippen molar-refractivity contribution in [1.29, 1.82) is 0 Å². The van der Waals surface area contributed by atoms with E-state index in [0.717, 1.165) is 32.2 Å². The average Bonchev–Trinajstić information content (AvgIpc) is 2.69.